The normalized spacial score (nSPS) is 16.5. The van der Waals surface area contributed by atoms with E-state index in [2.05, 4.69) is 10.4 Å². The number of carbonyl (C=O) groups is 1. The Bertz CT molecular complexity index is 314. The molecular weight excluding hydrogens is 168 g/mol. The van der Waals surface area contributed by atoms with Crippen LogP contribution in [0.3, 0.4) is 0 Å². The van der Waals surface area contributed by atoms with Crippen molar-refractivity contribution < 1.29 is 4.79 Å². The van der Waals surface area contributed by atoms with E-state index in [0.717, 1.165) is 19.5 Å². The van der Waals surface area contributed by atoms with Crippen molar-refractivity contribution in [2.45, 2.75) is 6.42 Å². The number of carbonyl (C=O) groups excluding carboxylic acids is 1. The SMILES string of the molecule is Cn1cnc(C(=O)N2CCCN2)c1. The summed E-state index contributed by atoms with van der Waals surface area (Å²) in [5.41, 5.74) is 3.50. The lowest BCUT2D eigenvalue weighted by Gasteiger charge is -2.13. The van der Waals surface area contributed by atoms with Crippen molar-refractivity contribution >= 4 is 5.91 Å². The third-order valence-electron chi connectivity index (χ3n) is 2.03. The molecule has 0 saturated carbocycles. The molecule has 1 fully saturated rings. The molecule has 5 nitrogen and oxygen atoms in total. The fraction of sp³-hybridized carbons (Fsp3) is 0.500. The van der Waals surface area contributed by atoms with Gasteiger partial charge in [0.05, 0.1) is 6.33 Å². The van der Waals surface area contributed by atoms with Crippen LogP contribution in [-0.4, -0.2) is 33.6 Å². The minimum Gasteiger partial charge on any atom is -0.340 e. The number of nitrogens with one attached hydrogen (secondary N) is 1. The number of aryl methyl sites for hydroxylation is 1. The molecule has 0 aliphatic carbocycles. The van der Waals surface area contributed by atoms with Gasteiger partial charge in [0.2, 0.25) is 0 Å². The summed E-state index contributed by atoms with van der Waals surface area (Å²) in [4.78, 5) is 15.6. The Morgan fingerprint density at radius 2 is 2.54 bits per heavy atom. The topological polar surface area (TPSA) is 50.2 Å². The summed E-state index contributed by atoms with van der Waals surface area (Å²) in [7, 11) is 1.85. The second kappa shape index (κ2) is 3.18. The molecular formula is C8H12N4O. The Morgan fingerprint density at radius 1 is 1.69 bits per heavy atom. The van der Waals surface area contributed by atoms with E-state index in [1.807, 2.05) is 7.05 Å². The third-order valence-corrected chi connectivity index (χ3v) is 2.03. The molecule has 2 heterocycles. The number of nitrogens with zero attached hydrogens (tertiary/aromatic N) is 3. The molecule has 1 aliphatic rings. The van der Waals surface area contributed by atoms with Crippen molar-refractivity contribution in [3.8, 4) is 0 Å². The molecule has 0 bridgehead atoms. The molecule has 13 heavy (non-hydrogen) atoms. The number of amides is 1. The van der Waals surface area contributed by atoms with Gasteiger partial charge in [-0.1, -0.05) is 0 Å². The van der Waals surface area contributed by atoms with E-state index >= 15 is 0 Å². The number of rotatable bonds is 1. The molecule has 1 amide bonds. The van der Waals surface area contributed by atoms with Crippen molar-refractivity contribution in [3.63, 3.8) is 0 Å². The second-order valence-electron chi connectivity index (χ2n) is 3.14. The van der Waals surface area contributed by atoms with Crippen LogP contribution in [-0.2, 0) is 7.05 Å². The molecule has 1 N–H and O–H groups in total. The van der Waals surface area contributed by atoms with Crippen LogP contribution in [0.15, 0.2) is 12.5 Å². The molecule has 0 atom stereocenters. The van der Waals surface area contributed by atoms with E-state index < -0.39 is 0 Å². The number of aromatic nitrogens is 2. The Balaban J connectivity index is 2.12. The second-order valence-corrected chi connectivity index (χ2v) is 3.14. The van der Waals surface area contributed by atoms with Crippen molar-refractivity contribution in [2.24, 2.45) is 7.05 Å². The quantitative estimate of drug-likeness (QED) is 0.649. The molecule has 0 unspecified atom stereocenters. The zero-order valence-electron chi connectivity index (χ0n) is 7.53. The van der Waals surface area contributed by atoms with E-state index in [-0.39, 0.29) is 5.91 Å². The number of hydrogen-bond acceptors (Lipinski definition) is 3. The maximum atomic E-state index is 11.6. The van der Waals surface area contributed by atoms with E-state index in [1.54, 1.807) is 22.1 Å². The number of imidazole rings is 1. The number of hydrogen-bond donors (Lipinski definition) is 1. The van der Waals surface area contributed by atoms with Gasteiger partial charge in [0, 0.05) is 26.3 Å². The highest BCUT2D eigenvalue weighted by Crippen LogP contribution is 2.03. The standard InChI is InChI=1S/C8H12N4O/c1-11-5-7(9-6-11)8(13)12-4-2-3-10-12/h5-6,10H,2-4H2,1H3. The summed E-state index contributed by atoms with van der Waals surface area (Å²) in [6.07, 6.45) is 4.37. The largest absolute Gasteiger partial charge is 0.340 e. The molecule has 5 heteroatoms. The van der Waals surface area contributed by atoms with Gasteiger partial charge in [-0.15, -0.1) is 0 Å². The average molecular weight is 180 g/mol. The van der Waals surface area contributed by atoms with Crippen LogP contribution in [0.1, 0.15) is 16.9 Å². The fourth-order valence-electron chi connectivity index (χ4n) is 1.37. The highest BCUT2D eigenvalue weighted by Gasteiger charge is 2.20. The summed E-state index contributed by atoms with van der Waals surface area (Å²) < 4.78 is 1.77. The molecule has 1 aromatic heterocycles. The Kier molecular flexibility index (Phi) is 2.02. The zero-order valence-corrected chi connectivity index (χ0v) is 7.53. The van der Waals surface area contributed by atoms with Gasteiger partial charge in [0.25, 0.3) is 5.91 Å². The third kappa shape index (κ3) is 1.55. The van der Waals surface area contributed by atoms with Crippen LogP contribution in [0.2, 0.25) is 0 Å². The summed E-state index contributed by atoms with van der Waals surface area (Å²) in [5, 5.41) is 1.61. The van der Waals surface area contributed by atoms with Gasteiger partial charge in [0.1, 0.15) is 5.69 Å². The van der Waals surface area contributed by atoms with Gasteiger partial charge in [-0.2, -0.15) is 0 Å². The molecule has 1 aliphatic heterocycles. The zero-order chi connectivity index (χ0) is 9.26. The van der Waals surface area contributed by atoms with Crippen LogP contribution < -0.4 is 5.43 Å². The van der Waals surface area contributed by atoms with Crippen LogP contribution >= 0.6 is 0 Å². The maximum absolute atomic E-state index is 11.6. The van der Waals surface area contributed by atoms with Crippen LogP contribution in [0.4, 0.5) is 0 Å². The molecule has 1 aromatic rings. The van der Waals surface area contributed by atoms with Crippen LogP contribution in [0.25, 0.3) is 0 Å². The molecule has 0 radical (unpaired) electrons. The van der Waals surface area contributed by atoms with Crippen molar-refractivity contribution in [1.29, 1.82) is 0 Å². The first-order valence-electron chi connectivity index (χ1n) is 4.31. The first kappa shape index (κ1) is 8.25. The monoisotopic (exact) mass is 180 g/mol. The maximum Gasteiger partial charge on any atom is 0.288 e. The summed E-state index contributed by atoms with van der Waals surface area (Å²) in [5.74, 6) is -0.0434. The Labute approximate surface area is 76.3 Å². The molecule has 1 saturated heterocycles. The lowest BCUT2D eigenvalue weighted by molar-refractivity contribution is 0.0720. The Hall–Kier alpha value is -1.36. The van der Waals surface area contributed by atoms with Gasteiger partial charge < -0.3 is 4.57 Å². The van der Waals surface area contributed by atoms with Gasteiger partial charge in [-0.3, -0.25) is 9.80 Å². The molecule has 70 valence electrons. The Morgan fingerprint density at radius 3 is 3.08 bits per heavy atom. The highest BCUT2D eigenvalue weighted by atomic mass is 16.2. The molecule has 2 rings (SSSR count). The lowest BCUT2D eigenvalue weighted by atomic mass is 10.4. The minimum absolute atomic E-state index is 0.0434. The first-order chi connectivity index (χ1) is 6.27. The summed E-state index contributed by atoms with van der Waals surface area (Å²) >= 11 is 0. The summed E-state index contributed by atoms with van der Waals surface area (Å²) in [6.45, 7) is 1.65. The van der Waals surface area contributed by atoms with E-state index in [4.69, 9.17) is 0 Å². The first-order valence-corrected chi connectivity index (χ1v) is 4.31. The number of hydrazine groups is 1. The van der Waals surface area contributed by atoms with E-state index in [1.165, 1.54) is 0 Å². The predicted molar refractivity (Wildman–Crippen MR) is 46.9 cm³/mol. The van der Waals surface area contributed by atoms with Crippen molar-refractivity contribution in [2.75, 3.05) is 13.1 Å². The molecule has 0 aromatic carbocycles. The van der Waals surface area contributed by atoms with E-state index in [9.17, 15) is 4.79 Å². The average Bonchev–Trinajstić information content (AvgIpc) is 2.72. The van der Waals surface area contributed by atoms with Crippen molar-refractivity contribution in [1.82, 2.24) is 20.0 Å². The highest BCUT2D eigenvalue weighted by molar-refractivity contribution is 5.91. The van der Waals surface area contributed by atoms with Gasteiger partial charge in [-0.05, 0) is 6.42 Å². The predicted octanol–water partition coefficient (Wildman–Crippen LogP) is -0.229. The minimum atomic E-state index is -0.0434. The smallest absolute Gasteiger partial charge is 0.288 e. The van der Waals surface area contributed by atoms with E-state index in [0.29, 0.717) is 5.69 Å². The van der Waals surface area contributed by atoms with Crippen LogP contribution in [0.5, 0.6) is 0 Å². The van der Waals surface area contributed by atoms with Crippen LogP contribution in [0, 0.1) is 0 Å². The fourth-order valence-corrected chi connectivity index (χ4v) is 1.37. The lowest BCUT2D eigenvalue weighted by Crippen LogP contribution is -2.37. The van der Waals surface area contributed by atoms with Gasteiger partial charge >= 0.3 is 0 Å². The van der Waals surface area contributed by atoms with Crippen molar-refractivity contribution in [3.05, 3.63) is 18.2 Å². The molecule has 0 spiro atoms. The van der Waals surface area contributed by atoms with Gasteiger partial charge in [0.15, 0.2) is 0 Å². The summed E-state index contributed by atoms with van der Waals surface area (Å²) in [6, 6.07) is 0. The van der Waals surface area contributed by atoms with Gasteiger partial charge in [-0.25, -0.2) is 10.4 Å².